The number of halogens is 1. The molecule has 8 nitrogen and oxygen atoms in total. The predicted octanol–water partition coefficient (Wildman–Crippen LogP) is 0.597. The Morgan fingerprint density at radius 2 is 2.00 bits per heavy atom. The summed E-state index contributed by atoms with van der Waals surface area (Å²) in [7, 11) is 1.47. The van der Waals surface area contributed by atoms with Gasteiger partial charge in [-0.1, -0.05) is 13.3 Å². The van der Waals surface area contributed by atoms with Gasteiger partial charge in [-0.15, -0.1) is 0 Å². The summed E-state index contributed by atoms with van der Waals surface area (Å²) in [4.78, 5) is 29.2. The van der Waals surface area contributed by atoms with E-state index < -0.39 is 29.2 Å². The fourth-order valence-electron chi connectivity index (χ4n) is 4.77. The molecule has 4 atom stereocenters. The standard InChI is InChI=1S/C19H28FN5O3/c1-3-9-6-7-24(8-11(9)21)16-13(20)14(22)12-15(17(16)28-2)25(10-4-5-10)19(27)23-18(12)26/h9-11,16-17H,3-8,21-22H2,1-2H3,(H,23,26,27). The van der Waals surface area contributed by atoms with Gasteiger partial charge in [0.15, 0.2) is 0 Å². The maximum Gasteiger partial charge on any atom is 0.328 e. The monoisotopic (exact) mass is 393 g/mol. The van der Waals surface area contributed by atoms with Crippen LogP contribution in [0.3, 0.4) is 0 Å². The molecule has 2 aliphatic carbocycles. The number of nitrogens with zero attached hydrogens (tertiary/aromatic N) is 2. The van der Waals surface area contributed by atoms with Crippen molar-refractivity contribution in [1.29, 1.82) is 0 Å². The van der Waals surface area contributed by atoms with Crippen molar-refractivity contribution in [2.45, 2.75) is 56.8 Å². The Hall–Kier alpha value is -1.97. The first-order chi connectivity index (χ1) is 13.4. The van der Waals surface area contributed by atoms with Gasteiger partial charge < -0.3 is 16.2 Å². The van der Waals surface area contributed by atoms with Crippen molar-refractivity contribution in [3.05, 3.63) is 37.9 Å². The number of hydrogen-bond donors (Lipinski definition) is 3. The summed E-state index contributed by atoms with van der Waals surface area (Å²) in [6, 6.07) is -0.887. The number of aromatic nitrogens is 2. The van der Waals surface area contributed by atoms with Crippen LogP contribution in [0.15, 0.2) is 15.4 Å². The van der Waals surface area contributed by atoms with Gasteiger partial charge >= 0.3 is 5.69 Å². The van der Waals surface area contributed by atoms with Crippen molar-refractivity contribution in [2.75, 3.05) is 20.2 Å². The molecular weight excluding hydrogens is 365 g/mol. The Bertz CT molecular complexity index is 919. The largest absolute Gasteiger partial charge is 0.396 e. The smallest absolute Gasteiger partial charge is 0.328 e. The second kappa shape index (κ2) is 7.13. The molecule has 1 saturated carbocycles. The van der Waals surface area contributed by atoms with Crippen LogP contribution in [0.25, 0.3) is 5.70 Å². The van der Waals surface area contributed by atoms with E-state index in [0.29, 0.717) is 24.7 Å². The first-order valence-electron chi connectivity index (χ1n) is 9.95. The molecule has 2 fully saturated rings. The number of H-pyrrole nitrogens is 1. The minimum atomic E-state index is -0.803. The molecular formula is C19H28FN5O3. The molecule has 0 radical (unpaired) electrons. The Morgan fingerprint density at radius 1 is 1.29 bits per heavy atom. The molecule has 0 amide bonds. The highest BCUT2D eigenvalue weighted by Crippen LogP contribution is 2.43. The SMILES string of the molecule is CCC1CCN(C2C(F)=C(N)c3c(n(C4CC4)c(=O)[nH]c3=O)C2OC)CC1N. The van der Waals surface area contributed by atoms with Gasteiger partial charge in [-0.05, 0) is 31.7 Å². The van der Waals surface area contributed by atoms with Crippen LogP contribution in [0.4, 0.5) is 4.39 Å². The van der Waals surface area contributed by atoms with Crippen LogP contribution in [-0.4, -0.2) is 46.7 Å². The van der Waals surface area contributed by atoms with Crippen LogP contribution in [0.1, 0.15) is 56.0 Å². The first kappa shape index (κ1) is 19.4. The zero-order valence-electron chi connectivity index (χ0n) is 16.3. The van der Waals surface area contributed by atoms with Crippen molar-refractivity contribution in [1.82, 2.24) is 14.5 Å². The van der Waals surface area contributed by atoms with Gasteiger partial charge in [-0.2, -0.15) is 0 Å². The molecule has 1 aliphatic heterocycles. The lowest BCUT2D eigenvalue weighted by Gasteiger charge is -2.44. The van der Waals surface area contributed by atoms with Gasteiger partial charge in [0.25, 0.3) is 5.56 Å². The van der Waals surface area contributed by atoms with Crippen LogP contribution >= 0.6 is 0 Å². The van der Waals surface area contributed by atoms with Gasteiger partial charge in [0, 0.05) is 25.7 Å². The molecule has 5 N–H and O–H groups in total. The number of hydrogen-bond acceptors (Lipinski definition) is 6. The van der Waals surface area contributed by atoms with E-state index in [1.54, 1.807) is 0 Å². The number of nitrogens with two attached hydrogens (primary N) is 2. The van der Waals surface area contributed by atoms with E-state index in [2.05, 4.69) is 11.9 Å². The number of likely N-dealkylation sites (tertiary alicyclic amines) is 1. The van der Waals surface area contributed by atoms with E-state index in [-0.39, 0.29) is 23.3 Å². The zero-order valence-corrected chi connectivity index (χ0v) is 16.3. The molecule has 1 aromatic heterocycles. The normalized spacial score (nSPS) is 31.1. The zero-order chi connectivity index (χ0) is 20.2. The van der Waals surface area contributed by atoms with Crippen LogP contribution in [0.5, 0.6) is 0 Å². The molecule has 9 heteroatoms. The molecule has 154 valence electrons. The number of ether oxygens (including phenoxy) is 1. The van der Waals surface area contributed by atoms with Gasteiger partial charge in [0.1, 0.15) is 11.9 Å². The Morgan fingerprint density at radius 3 is 2.57 bits per heavy atom. The molecule has 1 aromatic rings. The maximum atomic E-state index is 15.4. The number of aromatic amines is 1. The minimum absolute atomic E-state index is 0.0137. The van der Waals surface area contributed by atoms with Crippen molar-refractivity contribution >= 4 is 5.70 Å². The van der Waals surface area contributed by atoms with E-state index in [0.717, 1.165) is 25.7 Å². The lowest BCUT2D eigenvalue weighted by atomic mass is 9.86. The summed E-state index contributed by atoms with van der Waals surface area (Å²) in [5.41, 5.74) is 11.4. The van der Waals surface area contributed by atoms with Gasteiger partial charge in [0.05, 0.1) is 23.0 Å². The number of rotatable bonds is 4. The number of nitrogens with one attached hydrogen (secondary N) is 1. The van der Waals surface area contributed by atoms with Crippen molar-refractivity contribution in [3.8, 4) is 0 Å². The summed E-state index contributed by atoms with van der Waals surface area (Å²) in [6.45, 7) is 3.27. The van der Waals surface area contributed by atoms with Crippen molar-refractivity contribution in [2.24, 2.45) is 17.4 Å². The van der Waals surface area contributed by atoms with E-state index in [4.69, 9.17) is 16.2 Å². The molecule has 4 unspecified atom stereocenters. The lowest BCUT2D eigenvalue weighted by molar-refractivity contribution is -0.00535. The lowest BCUT2D eigenvalue weighted by Crippen LogP contribution is -2.55. The van der Waals surface area contributed by atoms with Crippen LogP contribution in [0, 0.1) is 5.92 Å². The number of methoxy groups -OCH3 is 1. The number of piperidine rings is 1. The average Bonchev–Trinajstić information content (AvgIpc) is 3.48. The van der Waals surface area contributed by atoms with Crippen LogP contribution < -0.4 is 22.7 Å². The maximum absolute atomic E-state index is 15.4. The summed E-state index contributed by atoms with van der Waals surface area (Å²) < 4.78 is 22.7. The summed E-state index contributed by atoms with van der Waals surface area (Å²) in [5, 5.41) is 0. The van der Waals surface area contributed by atoms with Gasteiger partial charge in [0.2, 0.25) is 0 Å². The molecule has 1 saturated heterocycles. The second-order valence-electron chi connectivity index (χ2n) is 8.10. The molecule has 28 heavy (non-hydrogen) atoms. The topological polar surface area (TPSA) is 119 Å². The summed E-state index contributed by atoms with van der Waals surface area (Å²) in [5.74, 6) is -0.196. The minimum Gasteiger partial charge on any atom is -0.396 e. The highest BCUT2D eigenvalue weighted by molar-refractivity contribution is 5.69. The van der Waals surface area contributed by atoms with E-state index in [1.165, 1.54) is 11.7 Å². The van der Waals surface area contributed by atoms with Gasteiger partial charge in [-0.3, -0.25) is 19.2 Å². The molecule has 3 aliphatic rings. The van der Waals surface area contributed by atoms with E-state index in [1.807, 2.05) is 4.90 Å². The van der Waals surface area contributed by atoms with E-state index >= 15 is 4.39 Å². The van der Waals surface area contributed by atoms with E-state index in [9.17, 15) is 9.59 Å². The van der Waals surface area contributed by atoms with Crippen LogP contribution in [0.2, 0.25) is 0 Å². The fraction of sp³-hybridized carbons (Fsp3) is 0.684. The Labute approximate surface area is 162 Å². The Balaban J connectivity index is 1.84. The Kier molecular flexibility index (Phi) is 4.93. The third kappa shape index (κ3) is 2.92. The van der Waals surface area contributed by atoms with Gasteiger partial charge in [-0.25, -0.2) is 9.18 Å². The highest BCUT2D eigenvalue weighted by atomic mass is 19.1. The molecule has 0 spiro atoms. The fourth-order valence-corrected chi connectivity index (χ4v) is 4.77. The summed E-state index contributed by atoms with van der Waals surface area (Å²) in [6.07, 6.45) is 2.70. The number of fused-ring (bicyclic) bond motifs is 1. The average molecular weight is 393 g/mol. The molecule has 0 bridgehead atoms. The third-order valence-corrected chi connectivity index (χ3v) is 6.45. The van der Waals surface area contributed by atoms with Crippen LogP contribution in [-0.2, 0) is 4.74 Å². The highest BCUT2D eigenvalue weighted by Gasteiger charge is 2.46. The second-order valence-corrected chi connectivity index (χ2v) is 8.10. The first-order valence-corrected chi connectivity index (χ1v) is 9.95. The van der Waals surface area contributed by atoms with Crippen molar-refractivity contribution < 1.29 is 9.13 Å². The quantitative estimate of drug-likeness (QED) is 0.689. The van der Waals surface area contributed by atoms with Crippen molar-refractivity contribution in [3.63, 3.8) is 0 Å². The molecule has 4 rings (SSSR count). The molecule has 0 aromatic carbocycles. The predicted molar refractivity (Wildman–Crippen MR) is 103 cm³/mol. The molecule has 2 heterocycles. The summed E-state index contributed by atoms with van der Waals surface area (Å²) >= 11 is 0. The third-order valence-electron chi connectivity index (χ3n) is 6.45.